The summed E-state index contributed by atoms with van der Waals surface area (Å²) >= 11 is 0. The van der Waals surface area contributed by atoms with Crippen LogP contribution in [0.2, 0.25) is 0 Å². The first-order valence-electron chi connectivity index (χ1n) is 7.43. The quantitative estimate of drug-likeness (QED) is 0.794. The van der Waals surface area contributed by atoms with Crippen LogP contribution in [0.25, 0.3) is 0 Å². The van der Waals surface area contributed by atoms with Gasteiger partial charge in [-0.25, -0.2) is 4.98 Å². The summed E-state index contributed by atoms with van der Waals surface area (Å²) < 4.78 is 0. The summed E-state index contributed by atoms with van der Waals surface area (Å²) in [7, 11) is 0. The first-order chi connectivity index (χ1) is 9.35. The molecule has 19 heavy (non-hydrogen) atoms. The van der Waals surface area contributed by atoms with E-state index >= 15 is 0 Å². The van der Waals surface area contributed by atoms with Crippen molar-refractivity contribution in [3.8, 4) is 0 Å². The van der Waals surface area contributed by atoms with Crippen molar-refractivity contribution in [2.24, 2.45) is 0 Å². The molecule has 0 spiro atoms. The molecule has 0 aromatic carbocycles. The zero-order valence-electron chi connectivity index (χ0n) is 11.8. The Bertz CT molecular complexity index is 377. The van der Waals surface area contributed by atoms with Crippen LogP contribution in [0.5, 0.6) is 0 Å². The maximum atomic E-state index is 9.28. The highest BCUT2D eigenvalue weighted by molar-refractivity contribution is 5.48. The SMILES string of the molecule is CCCNc1cccc(N(CCO)C2CCCC2)n1. The minimum atomic E-state index is 0.185. The number of anilines is 2. The Labute approximate surface area is 115 Å². The van der Waals surface area contributed by atoms with E-state index in [2.05, 4.69) is 22.1 Å². The molecule has 1 heterocycles. The molecule has 0 amide bonds. The van der Waals surface area contributed by atoms with E-state index in [1.54, 1.807) is 0 Å². The summed E-state index contributed by atoms with van der Waals surface area (Å²) in [4.78, 5) is 6.95. The maximum Gasteiger partial charge on any atom is 0.131 e. The number of hydrogen-bond acceptors (Lipinski definition) is 4. The zero-order chi connectivity index (χ0) is 13.5. The van der Waals surface area contributed by atoms with E-state index < -0.39 is 0 Å². The van der Waals surface area contributed by atoms with Crippen molar-refractivity contribution in [3.63, 3.8) is 0 Å². The van der Waals surface area contributed by atoms with Crippen LogP contribution in [0.3, 0.4) is 0 Å². The number of rotatable bonds is 7. The second kappa shape index (κ2) is 7.34. The van der Waals surface area contributed by atoms with Crippen molar-refractivity contribution in [3.05, 3.63) is 18.2 Å². The standard InChI is InChI=1S/C15H25N3O/c1-2-10-16-14-8-5-9-15(17-14)18(11-12-19)13-6-3-4-7-13/h5,8-9,13,19H,2-4,6-7,10-12H2,1H3,(H,16,17). The van der Waals surface area contributed by atoms with E-state index in [1.807, 2.05) is 18.2 Å². The molecule has 2 N–H and O–H groups in total. The van der Waals surface area contributed by atoms with Gasteiger partial charge in [-0.3, -0.25) is 0 Å². The van der Waals surface area contributed by atoms with Crippen molar-refractivity contribution in [1.82, 2.24) is 4.98 Å². The van der Waals surface area contributed by atoms with Gasteiger partial charge in [0.1, 0.15) is 11.6 Å². The van der Waals surface area contributed by atoms with Gasteiger partial charge >= 0.3 is 0 Å². The molecule has 2 rings (SSSR count). The number of hydrogen-bond donors (Lipinski definition) is 2. The van der Waals surface area contributed by atoms with Crippen LogP contribution in [-0.4, -0.2) is 35.8 Å². The molecule has 4 nitrogen and oxygen atoms in total. The average molecular weight is 263 g/mol. The summed E-state index contributed by atoms with van der Waals surface area (Å²) in [6.45, 7) is 3.95. The lowest BCUT2D eigenvalue weighted by Gasteiger charge is -2.29. The van der Waals surface area contributed by atoms with E-state index in [9.17, 15) is 5.11 Å². The molecule has 0 atom stereocenters. The summed E-state index contributed by atoms with van der Waals surface area (Å²) in [6.07, 6.45) is 6.11. The molecule has 4 heteroatoms. The first kappa shape index (κ1) is 14.1. The molecular formula is C15H25N3O. The van der Waals surface area contributed by atoms with Crippen LogP contribution in [-0.2, 0) is 0 Å². The summed E-state index contributed by atoms with van der Waals surface area (Å²) in [5, 5.41) is 12.6. The Hall–Kier alpha value is -1.29. The van der Waals surface area contributed by atoms with Crippen LogP contribution in [0.4, 0.5) is 11.6 Å². The molecule has 1 aromatic rings. The minimum Gasteiger partial charge on any atom is -0.395 e. The normalized spacial score (nSPS) is 15.7. The van der Waals surface area contributed by atoms with Crippen LogP contribution in [0.1, 0.15) is 39.0 Å². The molecule has 0 unspecified atom stereocenters. The van der Waals surface area contributed by atoms with Gasteiger partial charge in [0, 0.05) is 19.1 Å². The number of aliphatic hydroxyl groups is 1. The number of nitrogens with zero attached hydrogens (tertiary/aromatic N) is 2. The molecule has 0 bridgehead atoms. The fourth-order valence-corrected chi connectivity index (χ4v) is 2.74. The van der Waals surface area contributed by atoms with Crippen LogP contribution in [0.15, 0.2) is 18.2 Å². The second-order valence-corrected chi connectivity index (χ2v) is 5.16. The number of aliphatic hydroxyl groups excluding tert-OH is 1. The Balaban J connectivity index is 2.11. The molecule has 1 fully saturated rings. The highest BCUT2D eigenvalue weighted by atomic mass is 16.3. The zero-order valence-corrected chi connectivity index (χ0v) is 11.8. The first-order valence-corrected chi connectivity index (χ1v) is 7.43. The Morgan fingerprint density at radius 1 is 1.37 bits per heavy atom. The van der Waals surface area contributed by atoms with E-state index in [1.165, 1.54) is 25.7 Å². The molecule has 0 saturated heterocycles. The van der Waals surface area contributed by atoms with E-state index in [0.29, 0.717) is 12.6 Å². The Morgan fingerprint density at radius 2 is 2.16 bits per heavy atom. The van der Waals surface area contributed by atoms with Crippen molar-refractivity contribution in [2.45, 2.75) is 45.1 Å². The van der Waals surface area contributed by atoms with E-state index in [0.717, 1.165) is 24.6 Å². The largest absolute Gasteiger partial charge is 0.395 e. The maximum absolute atomic E-state index is 9.28. The third-order valence-electron chi connectivity index (χ3n) is 3.69. The summed E-state index contributed by atoms with van der Waals surface area (Å²) in [6, 6.07) is 6.64. The highest BCUT2D eigenvalue weighted by Crippen LogP contribution is 2.27. The van der Waals surface area contributed by atoms with Gasteiger partial charge in [0.05, 0.1) is 6.61 Å². The van der Waals surface area contributed by atoms with Gasteiger partial charge in [0.25, 0.3) is 0 Å². The number of pyridine rings is 1. The summed E-state index contributed by atoms with van der Waals surface area (Å²) in [5.41, 5.74) is 0. The van der Waals surface area contributed by atoms with Crippen LogP contribution < -0.4 is 10.2 Å². The topological polar surface area (TPSA) is 48.4 Å². The number of nitrogens with one attached hydrogen (secondary N) is 1. The van der Waals surface area contributed by atoms with Gasteiger partial charge in [-0.2, -0.15) is 0 Å². The fraction of sp³-hybridized carbons (Fsp3) is 0.667. The van der Waals surface area contributed by atoms with Crippen LogP contribution >= 0.6 is 0 Å². The van der Waals surface area contributed by atoms with Gasteiger partial charge in [-0.15, -0.1) is 0 Å². The number of aromatic nitrogens is 1. The van der Waals surface area contributed by atoms with Crippen molar-refractivity contribution >= 4 is 11.6 Å². The van der Waals surface area contributed by atoms with Gasteiger partial charge < -0.3 is 15.3 Å². The Kier molecular flexibility index (Phi) is 5.45. The average Bonchev–Trinajstić information content (AvgIpc) is 2.96. The molecule has 1 aliphatic carbocycles. The monoisotopic (exact) mass is 263 g/mol. The van der Waals surface area contributed by atoms with Gasteiger partial charge in [-0.05, 0) is 31.4 Å². The Morgan fingerprint density at radius 3 is 2.84 bits per heavy atom. The van der Waals surface area contributed by atoms with E-state index in [4.69, 9.17) is 0 Å². The molecule has 1 aliphatic rings. The molecule has 1 saturated carbocycles. The lowest BCUT2D eigenvalue weighted by Crippen LogP contribution is -2.36. The van der Waals surface area contributed by atoms with Gasteiger partial charge in [0.15, 0.2) is 0 Å². The molecule has 0 radical (unpaired) electrons. The van der Waals surface area contributed by atoms with E-state index in [-0.39, 0.29) is 6.61 Å². The second-order valence-electron chi connectivity index (χ2n) is 5.16. The third-order valence-corrected chi connectivity index (χ3v) is 3.69. The lowest BCUT2D eigenvalue weighted by atomic mass is 10.2. The highest BCUT2D eigenvalue weighted by Gasteiger charge is 2.23. The molecule has 1 aromatic heterocycles. The smallest absolute Gasteiger partial charge is 0.131 e. The molecular weight excluding hydrogens is 238 g/mol. The fourth-order valence-electron chi connectivity index (χ4n) is 2.74. The molecule has 0 aliphatic heterocycles. The van der Waals surface area contributed by atoms with Crippen molar-refractivity contribution in [1.29, 1.82) is 0 Å². The third kappa shape index (κ3) is 3.83. The van der Waals surface area contributed by atoms with Gasteiger partial charge in [-0.1, -0.05) is 25.8 Å². The lowest BCUT2D eigenvalue weighted by molar-refractivity contribution is 0.297. The van der Waals surface area contributed by atoms with Crippen molar-refractivity contribution < 1.29 is 5.11 Å². The predicted octanol–water partition coefficient (Wildman–Crippen LogP) is 2.64. The van der Waals surface area contributed by atoms with Crippen molar-refractivity contribution in [2.75, 3.05) is 29.9 Å². The minimum absolute atomic E-state index is 0.185. The predicted molar refractivity (Wildman–Crippen MR) is 79.7 cm³/mol. The van der Waals surface area contributed by atoms with Gasteiger partial charge in [0.2, 0.25) is 0 Å². The van der Waals surface area contributed by atoms with Crippen LogP contribution in [0, 0.1) is 0 Å². The summed E-state index contributed by atoms with van der Waals surface area (Å²) in [5.74, 6) is 1.92. The molecule has 106 valence electrons.